The molecule has 0 atom stereocenters. The van der Waals surface area contributed by atoms with E-state index in [2.05, 4.69) is 6.92 Å². The number of nitrogens with two attached hydrogens (primary N) is 1. The van der Waals surface area contributed by atoms with Crippen molar-refractivity contribution < 1.29 is 9.13 Å². The highest BCUT2D eigenvalue weighted by atomic mass is 32.1. The van der Waals surface area contributed by atoms with E-state index in [9.17, 15) is 4.39 Å². The van der Waals surface area contributed by atoms with Gasteiger partial charge in [0.05, 0.1) is 5.56 Å². The van der Waals surface area contributed by atoms with Gasteiger partial charge in [0.25, 0.3) is 0 Å². The predicted octanol–water partition coefficient (Wildman–Crippen LogP) is 4.20. The lowest BCUT2D eigenvalue weighted by Crippen LogP contribution is -2.11. The highest BCUT2D eigenvalue weighted by molar-refractivity contribution is 7.80. The van der Waals surface area contributed by atoms with Crippen molar-refractivity contribution in [1.29, 1.82) is 0 Å². The Morgan fingerprint density at radius 2 is 1.90 bits per heavy atom. The highest BCUT2D eigenvalue weighted by Gasteiger charge is 2.09. The van der Waals surface area contributed by atoms with Crippen molar-refractivity contribution in [3.63, 3.8) is 0 Å². The fraction of sp³-hybridized carbons (Fsp3) is 0.188. The molecule has 0 unspecified atom stereocenters. The number of halogens is 1. The normalized spacial score (nSPS) is 10.3. The van der Waals surface area contributed by atoms with Crippen molar-refractivity contribution in [1.82, 2.24) is 0 Å². The van der Waals surface area contributed by atoms with E-state index < -0.39 is 5.82 Å². The Bertz CT molecular complexity index is 610. The summed E-state index contributed by atoms with van der Waals surface area (Å²) in [5.41, 5.74) is 7.24. The second-order valence-corrected chi connectivity index (χ2v) is 4.94. The predicted molar refractivity (Wildman–Crippen MR) is 82.8 cm³/mol. The molecule has 4 heteroatoms. The standard InChI is InChI=1S/C16H16FNOS/c1-2-3-11-4-7-13(8-5-11)19-15-9-6-12(17)10-14(15)16(18)20/h4-10H,2-3H2,1H3,(H2,18,20). The van der Waals surface area contributed by atoms with Gasteiger partial charge in [-0.25, -0.2) is 4.39 Å². The van der Waals surface area contributed by atoms with E-state index in [1.54, 1.807) is 0 Å². The molecule has 0 aromatic heterocycles. The molecule has 0 saturated heterocycles. The van der Waals surface area contributed by atoms with Gasteiger partial charge in [-0.3, -0.25) is 0 Å². The molecule has 0 spiro atoms. The van der Waals surface area contributed by atoms with E-state index in [0.29, 0.717) is 17.1 Å². The molecule has 0 bridgehead atoms. The minimum absolute atomic E-state index is 0.113. The van der Waals surface area contributed by atoms with Gasteiger partial charge in [0, 0.05) is 0 Å². The largest absolute Gasteiger partial charge is 0.457 e. The molecule has 0 heterocycles. The van der Waals surface area contributed by atoms with Gasteiger partial charge in [-0.2, -0.15) is 0 Å². The molecule has 0 aliphatic carbocycles. The molecule has 0 aliphatic rings. The first-order valence-corrected chi connectivity index (χ1v) is 6.87. The lowest BCUT2D eigenvalue weighted by molar-refractivity contribution is 0.479. The summed E-state index contributed by atoms with van der Waals surface area (Å²) in [6.07, 6.45) is 2.14. The fourth-order valence-electron chi connectivity index (χ4n) is 1.92. The minimum Gasteiger partial charge on any atom is -0.457 e. The molecule has 0 saturated carbocycles. The maximum Gasteiger partial charge on any atom is 0.137 e. The third-order valence-corrected chi connectivity index (χ3v) is 3.12. The van der Waals surface area contributed by atoms with Crippen LogP contribution in [0, 0.1) is 5.82 Å². The zero-order valence-corrected chi connectivity index (χ0v) is 12.0. The Labute approximate surface area is 123 Å². The summed E-state index contributed by atoms with van der Waals surface area (Å²) in [5, 5.41) is 0. The Morgan fingerprint density at radius 3 is 2.50 bits per heavy atom. The maximum absolute atomic E-state index is 13.2. The minimum atomic E-state index is -0.390. The summed E-state index contributed by atoms with van der Waals surface area (Å²) in [5.74, 6) is 0.745. The van der Waals surface area contributed by atoms with Gasteiger partial charge in [0.1, 0.15) is 22.3 Å². The SMILES string of the molecule is CCCc1ccc(Oc2ccc(F)cc2C(N)=S)cc1. The van der Waals surface area contributed by atoms with Crippen LogP contribution in [0.2, 0.25) is 0 Å². The van der Waals surface area contributed by atoms with Gasteiger partial charge < -0.3 is 10.5 Å². The molecule has 2 N–H and O–H groups in total. The Hall–Kier alpha value is -1.94. The van der Waals surface area contributed by atoms with Crippen molar-refractivity contribution in [2.75, 3.05) is 0 Å². The van der Waals surface area contributed by atoms with E-state index in [4.69, 9.17) is 22.7 Å². The quantitative estimate of drug-likeness (QED) is 0.838. The molecule has 2 aromatic carbocycles. The molecule has 20 heavy (non-hydrogen) atoms. The van der Waals surface area contributed by atoms with Crippen molar-refractivity contribution in [2.24, 2.45) is 5.73 Å². The second kappa shape index (κ2) is 6.48. The van der Waals surface area contributed by atoms with Crippen molar-refractivity contribution >= 4 is 17.2 Å². The van der Waals surface area contributed by atoms with Crippen LogP contribution in [0.1, 0.15) is 24.5 Å². The number of benzene rings is 2. The average molecular weight is 289 g/mol. The van der Waals surface area contributed by atoms with Crippen LogP contribution in [0.3, 0.4) is 0 Å². The third-order valence-electron chi connectivity index (χ3n) is 2.90. The molecule has 104 valence electrons. The van der Waals surface area contributed by atoms with Gasteiger partial charge >= 0.3 is 0 Å². The van der Waals surface area contributed by atoms with Crippen LogP contribution in [0.4, 0.5) is 4.39 Å². The van der Waals surface area contributed by atoms with E-state index in [1.165, 1.54) is 23.8 Å². The fourth-order valence-corrected chi connectivity index (χ4v) is 2.08. The molecular weight excluding hydrogens is 273 g/mol. The van der Waals surface area contributed by atoms with Crippen LogP contribution < -0.4 is 10.5 Å². The number of hydrogen-bond donors (Lipinski definition) is 1. The Morgan fingerprint density at radius 1 is 1.20 bits per heavy atom. The van der Waals surface area contributed by atoms with Crippen LogP contribution in [0.25, 0.3) is 0 Å². The van der Waals surface area contributed by atoms with E-state index in [-0.39, 0.29) is 4.99 Å². The Balaban J connectivity index is 2.23. The van der Waals surface area contributed by atoms with Crippen LogP contribution >= 0.6 is 12.2 Å². The summed E-state index contributed by atoms with van der Waals surface area (Å²) in [7, 11) is 0. The number of thiocarbonyl (C=S) groups is 1. The first kappa shape index (κ1) is 14.5. The van der Waals surface area contributed by atoms with Crippen molar-refractivity contribution in [2.45, 2.75) is 19.8 Å². The first-order valence-electron chi connectivity index (χ1n) is 6.46. The topological polar surface area (TPSA) is 35.2 Å². The molecule has 2 rings (SSSR count). The van der Waals surface area contributed by atoms with Gasteiger partial charge in [-0.15, -0.1) is 0 Å². The number of ether oxygens (including phenoxy) is 1. The molecule has 0 radical (unpaired) electrons. The summed E-state index contributed by atoms with van der Waals surface area (Å²) in [6, 6.07) is 11.9. The van der Waals surface area contributed by atoms with E-state index >= 15 is 0 Å². The zero-order valence-electron chi connectivity index (χ0n) is 11.2. The van der Waals surface area contributed by atoms with Gasteiger partial charge in [0.15, 0.2) is 0 Å². The van der Waals surface area contributed by atoms with Crippen LogP contribution in [-0.4, -0.2) is 4.99 Å². The number of hydrogen-bond acceptors (Lipinski definition) is 2. The zero-order chi connectivity index (χ0) is 14.5. The van der Waals surface area contributed by atoms with Crippen molar-refractivity contribution in [3.05, 3.63) is 59.4 Å². The van der Waals surface area contributed by atoms with Gasteiger partial charge in [0.2, 0.25) is 0 Å². The van der Waals surface area contributed by atoms with Gasteiger partial charge in [-0.1, -0.05) is 37.7 Å². The Kier molecular flexibility index (Phi) is 4.69. The molecule has 0 aliphatic heterocycles. The van der Waals surface area contributed by atoms with E-state index in [1.807, 2.05) is 24.3 Å². The first-order chi connectivity index (χ1) is 9.60. The summed E-state index contributed by atoms with van der Waals surface area (Å²) >= 11 is 4.91. The van der Waals surface area contributed by atoms with E-state index in [0.717, 1.165) is 12.8 Å². The number of aryl methyl sites for hydroxylation is 1. The second-order valence-electron chi connectivity index (χ2n) is 4.50. The molecule has 2 nitrogen and oxygen atoms in total. The summed E-state index contributed by atoms with van der Waals surface area (Å²) in [6.45, 7) is 2.14. The molecular formula is C16H16FNOS. The average Bonchev–Trinajstić information content (AvgIpc) is 2.43. The highest BCUT2D eigenvalue weighted by Crippen LogP contribution is 2.26. The lowest BCUT2D eigenvalue weighted by Gasteiger charge is -2.11. The van der Waals surface area contributed by atoms with Crippen LogP contribution in [0.5, 0.6) is 11.5 Å². The van der Waals surface area contributed by atoms with Gasteiger partial charge in [-0.05, 0) is 42.3 Å². The monoisotopic (exact) mass is 289 g/mol. The number of rotatable bonds is 5. The summed E-state index contributed by atoms with van der Waals surface area (Å²) < 4.78 is 18.9. The van der Waals surface area contributed by atoms with Crippen LogP contribution in [0.15, 0.2) is 42.5 Å². The van der Waals surface area contributed by atoms with Crippen molar-refractivity contribution in [3.8, 4) is 11.5 Å². The lowest BCUT2D eigenvalue weighted by atomic mass is 10.1. The third kappa shape index (κ3) is 3.54. The smallest absolute Gasteiger partial charge is 0.137 e. The molecule has 2 aromatic rings. The van der Waals surface area contributed by atoms with Crippen LogP contribution in [-0.2, 0) is 6.42 Å². The summed E-state index contributed by atoms with van der Waals surface area (Å²) in [4.78, 5) is 0.113. The molecule has 0 fully saturated rings. The molecule has 0 amide bonds. The maximum atomic E-state index is 13.2.